The Hall–Kier alpha value is -0.570. The van der Waals surface area contributed by atoms with E-state index in [2.05, 4.69) is 13.8 Å². The van der Waals surface area contributed by atoms with Crippen LogP contribution in [0.4, 0.5) is 0 Å². The molecular weight excluding hydrogens is 178 g/mol. The number of carboxylic acids is 1. The summed E-state index contributed by atoms with van der Waals surface area (Å²) in [6.07, 6.45) is 4.83. The van der Waals surface area contributed by atoms with E-state index >= 15 is 0 Å². The Bertz CT molecular complexity index is 159. The van der Waals surface area contributed by atoms with E-state index in [-0.39, 0.29) is 6.54 Å². The molecule has 1 unspecified atom stereocenters. The van der Waals surface area contributed by atoms with Crippen LogP contribution in [0.3, 0.4) is 0 Å². The highest BCUT2D eigenvalue weighted by Gasteiger charge is 2.11. The van der Waals surface area contributed by atoms with Gasteiger partial charge in [-0.3, -0.25) is 9.69 Å². The van der Waals surface area contributed by atoms with Crippen LogP contribution in [0, 0.1) is 5.92 Å². The number of rotatable bonds is 8. The number of aliphatic carboxylic acids is 1. The molecule has 0 heterocycles. The third-order valence-electron chi connectivity index (χ3n) is 2.52. The first-order chi connectivity index (χ1) is 6.60. The standard InChI is InChI=1S/C11H23NO2/c1-4-6-7-10(5-2)8-12(3)9-11(13)14/h10H,4-9H2,1-3H3,(H,13,14). The molecule has 0 rings (SSSR count). The lowest BCUT2D eigenvalue weighted by atomic mass is 9.99. The summed E-state index contributed by atoms with van der Waals surface area (Å²) in [4.78, 5) is 12.3. The van der Waals surface area contributed by atoms with E-state index in [4.69, 9.17) is 5.11 Å². The van der Waals surface area contributed by atoms with E-state index in [0.29, 0.717) is 5.92 Å². The van der Waals surface area contributed by atoms with Crippen LogP contribution in [0.2, 0.25) is 0 Å². The van der Waals surface area contributed by atoms with E-state index in [9.17, 15) is 4.79 Å². The fourth-order valence-corrected chi connectivity index (χ4v) is 1.65. The van der Waals surface area contributed by atoms with Crippen molar-refractivity contribution < 1.29 is 9.90 Å². The van der Waals surface area contributed by atoms with E-state index in [1.54, 1.807) is 0 Å². The van der Waals surface area contributed by atoms with Crippen molar-refractivity contribution in [3.05, 3.63) is 0 Å². The van der Waals surface area contributed by atoms with Gasteiger partial charge in [0.1, 0.15) is 0 Å². The molecule has 0 aromatic heterocycles. The maximum Gasteiger partial charge on any atom is 0.317 e. The maximum atomic E-state index is 10.5. The number of hydrogen-bond donors (Lipinski definition) is 1. The van der Waals surface area contributed by atoms with Crippen LogP contribution in [-0.4, -0.2) is 36.1 Å². The first kappa shape index (κ1) is 13.4. The zero-order valence-corrected chi connectivity index (χ0v) is 9.62. The van der Waals surface area contributed by atoms with Crippen LogP contribution in [0.25, 0.3) is 0 Å². The van der Waals surface area contributed by atoms with Gasteiger partial charge in [-0.2, -0.15) is 0 Å². The molecule has 0 amide bonds. The summed E-state index contributed by atoms with van der Waals surface area (Å²) in [5.41, 5.74) is 0. The highest BCUT2D eigenvalue weighted by molar-refractivity contribution is 5.68. The summed E-state index contributed by atoms with van der Waals surface area (Å²) in [6.45, 7) is 5.42. The van der Waals surface area contributed by atoms with Gasteiger partial charge in [0.25, 0.3) is 0 Å². The van der Waals surface area contributed by atoms with Crippen LogP contribution >= 0.6 is 0 Å². The summed E-state index contributed by atoms with van der Waals surface area (Å²) < 4.78 is 0. The largest absolute Gasteiger partial charge is 0.480 e. The lowest BCUT2D eigenvalue weighted by Gasteiger charge is -2.21. The average Bonchev–Trinajstić information content (AvgIpc) is 2.10. The van der Waals surface area contributed by atoms with Crippen molar-refractivity contribution in [1.82, 2.24) is 4.90 Å². The predicted octanol–water partition coefficient (Wildman–Crippen LogP) is 2.22. The number of unbranched alkanes of at least 4 members (excludes halogenated alkanes) is 1. The van der Waals surface area contributed by atoms with Gasteiger partial charge in [0.2, 0.25) is 0 Å². The highest BCUT2D eigenvalue weighted by Crippen LogP contribution is 2.13. The molecule has 0 saturated heterocycles. The molecule has 1 atom stereocenters. The normalized spacial score (nSPS) is 13.1. The van der Waals surface area contributed by atoms with Crippen molar-refractivity contribution in [2.24, 2.45) is 5.92 Å². The number of likely N-dealkylation sites (N-methyl/N-ethyl adjacent to an activating group) is 1. The Morgan fingerprint density at radius 1 is 1.43 bits per heavy atom. The summed E-state index contributed by atoms with van der Waals surface area (Å²) in [7, 11) is 1.88. The van der Waals surface area contributed by atoms with E-state index < -0.39 is 5.97 Å². The Labute approximate surface area is 87.1 Å². The third-order valence-corrected chi connectivity index (χ3v) is 2.52. The van der Waals surface area contributed by atoms with Crippen LogP contribution in [0.5, 0.6) is 0 Å². The second kappa shape index (κ2) is 7.80. The van der Waals surface area contributed by atoms with E-state index in [1.807, 2.05) is 11.9 Å². The molecule has 0 spiro atoms. The van der Waals surface area contributed by atoms with Gasteiger partial charge in [0.05, 0.1) is 6.54 Å². The topological polar surface area (TPSA) is 40.5 Å². The summed E-state index contributed by atoms with van der Waals surface area (Å²) in [5.74, 6) is -0.0860. The Balaban J connectivity index is 3.73. The molecule has 3 heteroatoms. The lowest BCUT2D eigenvalue weighted by molar-refractivity contribution is -0.138. The van der Waals surface area contributed by atoms with Crippen molar-refractivity contribution in [2.75, 3.05) is 20.1 Å². The van der Waals surface area contributed by atoms with E-state index in [0.717, 1.165) is 13.0 Å². The fourth-order valence-electron chi connectivity index (χ4n) is 1.65. The smallest absolute Gasteiger partial charge is 0.317 e. The van der Waals surface area contributed by atoms with Crippen LogP contribution in [0.15, 0.2) is 0 Å². The minimum absolute atomic E-state index is 0.155. The Kier molecular flexibility index (Phi) is 7.48. The Morgan fingerprint density at radius 3 is 2.50 bits per heavy atom. The molecule has 0 aliphatic heterocycles. The minimum Gasteiger partial charge on any atom is -0.480 e. The zero-order chi connectivity index (χ0) is 11.0. The number of carboxylic acid groups (broad SMARTS) is 1. The maximum absolute atomic E-state index is 10.5. The van der Waals surface area contributed by atoms with Crippen molar-refractivity contribution >= 4 is 5.97 Å². The van der Waals surface area contributed by atoms with Crippen molar-refractivity contribution in [3.8, 4) is 0 Å². The molecule has 0 aromatic rings. The zero-order valence-electron chi connectivity index (χ0n) is 9.62. The summed E-state index contributed by atoms with van der Waals surface area (Å²) in [5, 5.41) is 8.60. The van der Waals surface area contributed by atoms with Gasteiger partial charge in [-0.1, -0.05) is 33.1 Å². The first-order valence-electron chi connectivity index (χ1n) is 5.50. The summed E-state index contributed by atoms with van der Waals surface area (Å²) >= 11 is 0. The van der Waals surface area contributed by atoms with Crippen LogP contribution < -0.4 is 0 Å². The molecule has 0 aliphatic carbocycles. The van der Waals surface area contributed by atoms with Gasteiger partial charge >= 0.3 is 5.97 Å². The molecular formula is C11H23NO2. The molecule has 0 saturated carbocycles. The molecule has 0 aromatic carbocycles. The van der Waals surface area contributed by atoms with Gasteiger partial charge in [0.15, 0.2) is 0 Å². The van der Waals surface area contributed by atoms with Crippen LogP contribution in [-0.2, 0) is 4.79 Å². The van der Waals surface area contributed by atoms with Gasteiger partial charge in [-0.25, -0.2) is 0 Å². The van der Waals surface area contributed by atoms with Gasteiger partial charge < -0.3 is 5.11 Å². The van der Waals surface area contributed by atoms with Crippen LogP contribution in [0.1, 0.15) is 39.5 Å². The van der Waals surface area contributed by atoms with Gasteiger partial charge in [0, 0.05) is 6.54 Å². The molecule has 14 heavy (non-hydrogen) atoms. The molecule has 0 radical (unpaired) electrons. The highest BCUT2D eigenvalue weighted by atomic mass is 16.4. The molecule has 1 N–H and O–H groups in total. The van der Waals surface area contributed by atoms with Crippen molar-refractivity contribution in [3.63, 3.8) is 0 Å². The molecule has 3 nitrogen and oxygen atoms in total. The first-order valence-corrected chi connectivity index (χ1v) is 5.50. The third kappa shape index (κ3) is 6.89. The number of nitrogens with zero attached hydrogens (tertiary/aromatic N) is 1. The number of carbonyl (C=O) groups is 1. The molecule has 84 valence electrons. The van der Waals surface area contributed by atoms with Crippen molar-refractivity contribution in [2.45, 2.75) is 39.5 Å². The summed E-state index contributed by atoms with van der Waals surface area (Å²) in [6, 6.07) is 0. The van der Waals surface area contributed by atoms with Gasteiger partial charge in [-0.05, 0) is 19.4 Å². The molecule has 0 aliphatic rings. The quantitative estimate of drug-likeness (QED) is 0.654. The van der Waals surface area contributed by atoms with E-state index in [1.165, 1.54) is 19.3 Å². The minimum atomic E-state index is -0.738. The lowest BCUT2D eigenvalue weighted by Crippen LogP contribution is -2.30. The van der Waals surface area contributed by atoms with Gasteiger partial charge in [-0.15, -0.1) is 0 Å². The number of hydrogen-bond acceptors (Lipinski definition) is 2. The second-order valence-corrected chi connectivity index (χ2v) is 4.01. The SMILES string of the molecule is CCCCC(CC)CN(C)CC(=O)O. The molecule has 0 bridgehead atoms. The fraction of sp³-hybridized carbons (Fsp3) is 0.909. The monoisotopic (exact) mass is 201 g/mol. The van der Waals surface area contributed by atoms with Crippen molar-refractivity contribution in [1.29, 1.82) is 0 Å². The average molecular weight is 201 g/mol. The molecule has 0 fully saturated rings. The second-order valence-electron chi connectivity index (χ2n) is 4.01. The predicted molar refractivity (Wildman–Crippen MR) is 58.4 cm³/mol. The Morgan fingerprint density at radius 2 is 2.07 bits per heavy atom.